The molecule has 0 radical (unpaired) electrons. The summed E-state index contributed by atoms with van der Waals surface area (Å²) >= 11 is 1.52. The molecular formula is C15H23NO4S. The molecule has 2 N–H and O–H groups in total. The van der Waals surface area contributed by atoms with Crippen molar-refractivity contribution in [3.63, 3.8) is 0 Å². The van der Waals surface area contributed by atoms with Gasteiger partial charge >= 0.3 is 5.97 Å². The molecule has 0 fully saturated rings. The van der Waals surface area contributed by atoms with E-state index in [4.69, 9.17) is 19.9 Å². The Balaban J connectivity index is 1.97. The van der Waals surface area contributed by atoms with Gasteiger partial charge in [0.2, 0.25) is 0 Å². The summed E-state index contributed by atoms with van der Waals surface area (Å²) in [5.74, 6) is 0.882. The van der Waals surface area contributed by atoms with Gasteiger partial charge in [-0.15, -0.1) is 11.8 Å². The van der Waals surface area contributed by atoms with Crippen LogP contribution in [-0.4, -0.2) is 44.8 Å². The Morgan fingerprint density at radius 1 is 1.10 bits per heavy atom. The van der Waals surface area contributed by atoms with Gasteiger partial charge in [-0.2, -0.15) is 0 Å². The quantitative estimate of drug-likeness (QED) is 0.383. The van der Waals surface area contributed by atoms with Gasteiger partial charge in [-0.1, -0.05) is 12.1 Å². The molecule has 21 heavy (non-hydrogen) atoms. The summed E-state index contributed by atoms with van der Waals surface area (Å²) < 4.78 is 15.4. The molecule has 1 aromatic carbocycles. The van der Waals surface area contributed by atoms with Gasteiger partial charge in [0.1, 0.15) is 6.61 Å². The molecule has 0 aliphatic carbocycles. The van der Waals surface area contributed by atoms with Crippen LogP contribution in [0.5, 0.6) is 0 Å². The van der Waals surface area contributed by atoms with Crippen molar-refractivity contribution < 1.29 is 19.0 Å². The highest BCUT2D eigenvalue weighted by Gasteiger charge is 2.03. The fraction of sp³-hybridized carbons (Fsp3) is 0.533. The first kappa shape index (κ1) is 17.8. The van der Waals surface area contributed by atoms with Crippen molar-refractivity contribution >= 4 is 23.4 Å². The van der Waals surface area contributed by atoms with Crippen molar-refractivity contribution in [3.05, 3.63) is 29.8 Å². The van der Waals surface area contributed by atoms with Gasteiger partial charge in [-0.05, 0) is 24.6 Å². The standard InChI is InChI=1S/C15H23NO4S/c1-2-18-7-8-19-9-10-20-15(17)12-21-11-13-3-5-14(16)6-4-13/h3-6H,2,7-12,16H2,1H3. The lowest BCUT2D eigenvalue weighted by molar-refractivity contribution is -0.142. The Morgan fingerprint density at radius 3 is 2.48 bits per heavy atom. The molecule has 0 saturated heterocycles. The zero-order valence-electron chi connectivity index (χ0n) is 12.4. The molecule has 0 spiro atoms. The number of esters is 1. The molecule has 6 heteroatoms. The lowest BCUT2D eigenvalue weighted by Crippen LogP contribution is -2.14. The van der Waals surface area contributed by atoms with Crippen LogP contribution >= 0.6 is 11.8 Å². The number of thioether (sulfide) groups is 1. The summed E-state index contributed by atoms with van der Waals surface area (Å²) in [5, 5.41) is 0. The molecule has 0 bridgehead atoms. The van der Waals surface area contributed by atoms with Gasteiger partial charge in [0.05, 0.1) is 25.6 Å². The Morgan fingerprint density at radius 2 is 1.76 bits per heavy atom. The zero-order chi connectivity index (χ0) is 15.3. The number of rotatable bonds is 11. The third-order valence-corrected chi connectivity index (χ3v) is 3.51. The number of nitrogens with two attached hydrogens (primary N) is 1. The molecule has 1 aromatic rings. The molecule has 0 unspecified atom stereocenters. The van der Waals surface area contributed by atoms with Crippen molar-refractivity contribution in [1.82, 2.24) is 0 Å². The molecule has 0 heterocycles. The molecule has 0 saturated carbocycles. The van der Waals surface area contributed by atoms with Crippen molar-refractivity contribution in [2.45, 2.75) is 12.7 Å². The minimum absolute atomic E-state index is 0.219. The number of ether oxygens (including phenoxy) is 3. The fourth-order valence-electron chi connectivity index (χ4n) is 1.49. The van der Waals surface area contributed by atoms with Crippen LogP contribution in [0, 0.1) is 0 Å². The smallest absolute Gasteiger partial charge is 0.315 e. The van der Waals surface area contributed by atoms with Crippen LogP contribution in [-0.2, 0) is 24.8 Å². The lowest BCUT2D eigenvalue weighted by Gasteiger charge is -2.06. The van der Waals surface area contributed by atoms with Crippen molar-refractivity contribution in [2.24, 2.45) is 0 Å². The summed E-state index contributed by atoms with van der Waals surface area (Å²) in [6, 6.07) is 7.63. The van der Waals surface area contributed by atoms with Crippen LogP contribution in [0.4, 0.5) is 5.69 Å². The van der Waals surface area contributed by atoms with E-state index in [0.29, 0.717) is 32.2 Å². The number of hydrogen-bond acceptors (Lipinski definition) is 6. The van der Waals surface area contributed by atoms with E-state index >= 15 is 0 Å². The normalized spacial score (nSPS) is 10.5. The topological polar surface area (TPSA) is 70.8 Å². The highest BCUT2D eigenvalue weighted by Crippen LogP contribution is 2.13. The molecule has 0 atom stereocenters. The lowest BCUT2D eigenvalue weighted by atomic mass is 10.2. The van der Waals surface area contributed by atoms with Crippen molar-refractivity contribution in [1.29, 1.82) is 0 Å². The maximum absolute atomic E-state index is 11.5. The third kappa shape index (κ3) is 9.33. The summed E-state index contributed by atoms with van der Waals surface area (Å²) in [7, 11) is 0. The Bertz CT molecular complexity index is 397. The van der Waals surface area contributed by atoms with Crippen molar-refractivity contribution in [2.75, 3.05) is 44.5 Å². The van der Waals surface area contributed by atoms with E-state index in [9.17, 15) is 4.79 Å². The average Bonchev–Trinajstić information content (AvgIpc) is 2.48. The molecule has 0 amide bonds. The van der Waals surface area contributed by atoms with Gasteiger partial charge < -0.3 is 19.9 Å². The summed E-state index contributed by atoms with van der Waals surface area (Å²) in [5.41, 5.74) is 7.49. The fourth-order valence-corrected chi connectivity index (χ4v) is 2.27. The van der Waals surface area contributed by atoms with E-state index in [1.54, 1.807) is 0 Å². The van der Waals surface area contributed by atoms with Crippen LogP contribution < -0.4 is 5.73 Å². The number of hydrogen-bond donors (Lipinski definition) is 1. The van der Waals surface area contributed by atoms with Crippen LogP contribution in [0.3, 0.4) is 0 Å². The minimum Gasteiger partial charge on any atom is -0.463 e. The van der Waals surface area contributed by atoms with E-state index in [0.717, 1.165) is 17.0 Å². The molecule has 0 aliphatic rings. The van der Waals surface area contributed by atoms with Crippen LogP contribution in [0.25, 0.3) is 0 Å². The molecule has 118 valence electrons. The van der Waals surface area contributed by atoms with Crippen LogP contribution in [0.2, 0.25) is 0 Å². The number of nitrogen functional groups attached to an aromatic ring is 1. The summed E-state index contributed by atoms with van der Waals surface area (Å²) in [4.78, 5) is 11.5. The number of anilines is 1. The molecule has 0 aliphatic heterocycles. The van der Waals surface area contributed by atoms with E-state index in [1.165, 1.54) is 11.8 Å². The summed E-state index contributed by atoms with van der Waals surface area (Å²) in [6.07, 6.45) is 0. The predicted molar refractivity (Wildman–Crippen MR) is 85.3 cm³/mol. The second-order valence-electron chi connectivity index (χ2n) is 4.26. The first-order chi connectivity index (χ1) is 10.2. The van der Waals surface area contributed by atoms with Gasteiger partial charge in [-0.3, -0.25) is 4.79 Å². The number of carbonyl (C=O) groups excluding carboxylic acids is 1. The van der Waals surface area contributed by atoms with Gasteiger partial charge in [-0.25, -0.2) is 0 Å². The predicted octanol–water partition coefficient (Wildman–Crippen LogP) is 2.10. The number of benzene rings is 1. The van der Waals surface area contributed by atoms with Crippen LogP contribution in [0.15, 0.2) is 24.3 Å². The van der Waals surface area contributed by atoms with E-state index < -0.39 is 0 Å². The molecular weight excluding hydrogens is 290 g/mol. The first-order valence-corrected chi connectivity index (χ1v) is 8.11. The SMILES string of the molecule is CCOCCOCCOC(=O)CSCc1ccc(N)cc1. The largest absolute Gasteiger partial charge is 0.463 e. The van der Waals surface area contributed by atoms with E-state index in [2.05, 4.69) is 0 Å². The molecule has 5 nitrogen and oxygen atoms in total. The molecule has 1 rings (SSSR count). The molecule has 0 aromatic heterocycles. The zero-order valence-corrected chi connectivity index (χ0v) is 13.2. The van der Waals surface area contributed by atoms with E-state index in [1.807, 2.05) is 31.2 Å². The Kier molecular flexibility index (Phi) is 9.69. The monoisotopic (exact) mass is 313 g/mol. The summed E-state index contributed by atoms with van der Waals surface area (Å²) in [6.45, 7) is 4.40. The second kappa shape index (κ2) is 11.4. The minimum atomic E-state index is -0.219. The average molecular weight is 313 g/mol. The Labute approximate surface area is 130 Å². The van der Waals surface area contributed by atoms with Crippen LogP contribution in [0.1, 0.15) is 12.5 Å². The first-order valence-electron chi connectivity index (χ1n) is 6.95. The third-order valence-electron chi connectivity index (χ3n) is 2.54. The maximum Gasteiger partial charge on any atom is 0.315 e. The van der Waals surface area contributed by atoms with Gasteiger partial charge in [0.25, 0.3) is 0 Å². The highest BCUT2D eigenvalue weighted by molar-refractivity contribution is 7.99. The van der Waals surface area contributed by atoms with Gasteiger partial charge in [0, 0.05) is 18.0 Å². The maximum atomic E-state index is 11.5. The highest BCUT2D eigenvalue weighted by atomic mass is 32.2. The van der Waals surface area contributed by atoms with Gasteiger partial charge in [0.15, 0.2) is 0 Å². The Hall–Kier alpha value is -1.24. The van der Waals surface area contributed by atoms with E-state index in [-0.39, 0.29) is 12.6 Å². The van der Waals surface area contributed by atoms with Crippen molar-refractivity contribution in [3.8, 4) is 0 Å². The second-order valence-corrected chi connectivity index (χ2v) is 5.25. The number of carbonyl (C=O) groups is 1.